The summed E-state index contributed by atoms with van der Waals surface area (Å²) in [6.07, 6.45) is 2.48. The van der Waals surface area contributed by atoms with Crippen molar-refractivity contribution in [2.24, 2.45) is 11.8 Å². The Hall–Kier alpha value is -2.17. The molecule has 0 aliphatic heterocycles. The highest BCUT2D eigenvalue weighted by Crippen LogP contribution is 2.38. The van der Waals surface area contributed by atoms with Gasteiger partial charge in [-0.3, -0.25) is 14.2 Å². The predicted molar refractivity (Wildman–Crippen MR) is 90.1 cm³/mol. The second-order valence-corrected chi connectivity index (χ2v) is 6.78. The average Bonchev–Trinajstić information content (AvgIpc) is 3.22. The zero-order chi connectivity index (χ0) is 16.6. The number of hydrogen-bond acceptors (Lipinski definition) is 3. The second-order valence-electron chi connectivity index (χ2n) is 6.78. The van der Waals surface area contributed by atoms with Gasteiger partial charge in [0.25, 0.3) is 5.56 Å². The Labute approximate surface area is 135 Å². The Bertz CT molecular complexity index is 781. The minimum atomic E-state index is -0.236. The van der Waals surface area contributed by atoms with Gasteiger partial charge < -0.3 is 4.90 Å². The van der Waals surface area contributed by atoms with E-state index in [4.69, 9.17) is 0 Å². The molecule has 2 atom stereocenters. The fourth-order valence-electron chi connectivity index (χ4n) is 3.01. The van der Waals surface area contributed by atoms with Crippen LogP contribution in [0, 0.1) is 11.8 Å². The van der Waals surface area contributed by atoms with Crippen LogP contribution in [0.25, 0.3) is 11.0 Å². The molecule has 5 heteroatoms. The summed E-state index contributed by atoms with van der Waals surface area (Å²) in [7, 11) is 0. The van der Waals surface area contributed by atoms with Crippen LogP contribution in [0.4, 0.5) is 0 Å². The topological polar surface area (TPSA) is 55.2 Å². The quantitative estimate of drug-likeness (QED) is 0.851. The van der Waals surface area contributed by atoms with E-state index in [1.165, 1.54) is 17.2 Å². The summed E-state index contributed by atoms with van der Waals surface area (Å²) in [5, 5.41) is 0. The molecule has 1 aliphatic rings. The van der Waals surface area contributed by atoms with Gasteiger partial charge in [-0.05, 0) is 44.2 Å². The van der Waals surface area contributed by atoms with E-state index in [0.29, 0.717) is 17.4 Å². The van der Waals surface area contributed by atoms with Gasteiger partial charge in [-0.2, -0.15) is 0 Å². The van der Waals surface area contributed by atoms with E-state index in [-0.39, 0.29) is 24.1 Å². The first-order valence-corrected chi connectivity index (χ1v) is 8.21. The molecule has 5 nitrogen and oxygen atoms in total. The molecular weight excluding hydrogens is 290 g/mol. The number of para-hydroxylation sites is 2. The molecule has 1 saturated carbocycles. The van der Waals surface area contributed by atoms with Gasteiger partial charge in [0.15, 0.2) is 0 Å². The normalized spacial score (nSPS) is 20.0. The molecule has 2 aromatic rings. The number of aromatic nitrogens is 2. The van der Waals surface area contributed by atoms with E-state index in [1.54, 1.807) is 0 Å². The first-order valence-electron chi connectivity index (χ1n) is 8.21. The smallest absolute Gasteiger partial charge is 0.269 e. The number of carbonyl (C=O) groups is 1. The highest BCUT2D eigenvalue weighted by molar-refractivity contribution is 5.80. The van der Waals surface area contributed by atoms with Crippen LogP contribution >= 0.6 is 0 Å². The standard InChI is InChI=1S/C18H23N3O2/c1-12(2)20(10-14-8-13(14)3)18(23)11-21-16-7-5-4-6-15(16)19-9-17(21)22/h4-7,9,12-14H,8,10-11H2,1-3H3/t13-,14+/m0/s1. The van der Waals surface area contributed by atoms with Crippen molar-refractivity contribution in [3.63, 3.8) is 0 Å². The Kier molecular flexibility index (Phi) is 4.20. The molecule has 1 aromatic heterocycles. The predicted octanol–water partition coefficient (Wildman–Crippen LogP) is 2.29. The summed E-state index contributed by atoms with van der Waals surface area (Å²) in [5.41, 5.74) is 1.20. The lowest BCUT2D eigenvalue weighted by atomic mass is 10.2. The number of fused-ring (bicyclic) bond motifs is 1. The van der Waals surface area contributed by atoms with Crippen molar-refractivity contribution < 1.29 is 4.79 Å². The van der Waals surface area contributed by atoms with E-state index in [1.807, 2.05) is 43.0 Å². The number of nitrogens with zero attached hydrogens (tertiary/aromatic N) is 3. The summed E-state index contributed by atoms with van der Waals surface area (Å²) in [6, 6.07) is 7.55. The fourth-order valence-corrected chi connectivity index (χ4v) is 3.01. The third kappa shape index (κ3) is 3.28. The number of carbonyl (C=O) groups excluding carboxylic acids is 1. The van der Waals surface area contributed by atoms with Gasteiger partial charge >= 0.3 is 0 Å². The lowest BCUT2D eigenvalue weighted by Crippen LogP contribution is -2.42. The minimum absolute atomic E-state index is 0.00227. The maximum Gasteiger partial charge on any atom is 0.269 e. The van der Waals surface area contributed by atoms with Crippen molar-refractivity contribution in [3.05, 3.63) is 40.8 Å². The monoisotopic (exact) mass is 313 g/mol. The molecule has 0 spiro atoms. The van der Waals surface area contributed by atoms with Gasteiger partial charge in [-0.15, -0.1) is 0 Å². The van der Waals surface area contributed by atoms with Crippen molar-refractivity contribution in [2.75, 3.05) is 6.54 Å². The molecule has 1 amide bonds. The summed E-state index contributed by atoms with van der Waals surface area (Å²) in [5.74, 6) is 1.30. The fraction of sp³-hybridized carbons (Fsp3) is 0.500. The Morgan fingerprint density at radius 2 is 2.09 bits per heavy atom. The van der Waals surface area contributed by atoms with E-state index >= 15 is 0 Å². The molecule has 23 heavy (non-hydrogen) atoms. The van der Waals surface area contributed by atoms with Crippen LogP contribution in [0.3, 0.4) is 0 Å². The van der Waals surface area contributed by atoms with Crippen molar-refractivity contribution in [2.45, 2.75) is 39.8 Å². The van der Waals surface area contributed by atoms with Gasteiger partial charge in [0.2, 0.25) is 5.91 Å². The van der Waals surface area contributed by atoms with Crippen LogP contribution in [-0.4, -0.2) is 32.9 Å². The van der Waals surface area contributed by atoms with Gasteiger partial charge in [0.05, 0.1) is 17.2 Å². The maximum absolute atomic E-state index is 12.8. The molecular formula is C18H23N3O2. The lowest BCUT2D eigenvalue weighted by molar-refractivity contribution is -0.133. The molecule has 3 rings (SSSR count). The molecule has 0 saturated heterocycles. The first-order chi connectivity index (χ1) is 11.0. The summed E-state index contributed by atoms with van der Waals surface area (Å²) in [6.45, 7) is 7.13. The third-order valence-electron chi connectivity index (χ3n) is 4.70. The molecule has 0 unspecified atom stereocenters. The summed E-state index contributed by atoms with van der Waals surface area (Å²) >= 11 is 0. The van der Waals surface area contributed by atoms with Crippen LogP contribution in [0.1, 0.15) is 27.2 Å². The molecule has 1 heterocycles. The highest BCUT2D eigenvalue weighted by atomic mass is 16.2. The van der Waals surface area contributed by atoms with Crippen molar-refractivity contribution in [1.82, 2.24) is 14.5 Å². The number of benzene rings is 1. The van der Waals surface area contributed by atoms with Crippen molar-refractivity contribution in [1.29, 1.82) is 0 Å². The molecule has 0 bridgehead atoms. The van der Waals surface area contributed by atoms with E-state index in [2.05, 4.69) is 11.9 Å². The largest absolute Gasteiger partial charge is 0.338 e. The van der Waals surface area contributed by atoms with E-state index < -0.39 is 0 Å². The van der Waals surface area contributed by atoms with Crippen molar-refractivity contribution >= 4 is 16.9 Å². The first kappa shape index (κ1) is 15.7. The Morgan fingerprint density at radius 1 is 1.39 bits per heavy atom. The Balaban J connectivity index is 1.86. The average molecular weight is 313 g/mol. The summed E-state index contributed by atoms with van der Waals surface area (Å²) in [4.78, 5) is 31.0. The third-order valence-corrected chi connectivity index (χ3v) is 4.70. The van der Waals surface area contributed by atoms with Crippen LogP contribution in [0.15, 0.2) is 35.3 Å². The highest BCUT2D eigenvalue weighted by Gasteiger charge is 2.35. The molecule has 1 aliphatic carbocycles. The zero-order valence-electron chi connectivity index (χ0n) is 13.9. The van der Waals surface area contributed by atoms with Crippen molar-refractivity contribution in [3.8, 4) is 0 Å². The van der Waals surface area contributed by atoms with Crippen LogP contribution < -0.4 is 5.56 Å². The maximum atomic E-state index is 12.8. The summed E-state index contributed by atoms with van der Waals surface area (Å²) < 4.78 is 1.52. The van der Waals surface area contributed by atoms with Gasteiger partial charge in [-0.1, -0.05) is 19.1 Å². The minimum Gasteiger partial charge on any atom is -0.338 e. The van der Waals surface area contributed by atoms with Gasteiger partial charge in [0.1, 0.15) is 6.54 Å². The van der Waals surface area contributed by atoms with Crippen LogP contribution in [-0.2, 0) is 11.3 Å². The molecule has 1 fully saturated rings. The number of hydrogen-bond donors (Lipinski definition) is 0. The second kappa shape index (κ2) is 6.14. The van der Waals surface area contributed by atoms with Gasteiger partial charge in [-0.25, -0.2) is 4.98 Å². The van der Waals surface area contributed by atoms with Gasteiger partial charge in [0, 0.05) is 12.6 Å². The Morgan fingerprint density at radius 3 is 2.74 bits per heavy atom. The molecule has 0 N–H and O–H groups in total. The van der Waals surface area contributed by atoms with Crippen LogP contribution in [0.2, 0.25) is 0 Å². The molecule has 1 aromatic carbocycles. The van der Waals surface area contributed by atoms with E-state index in [9.17, 15) is 9.59 Å². The van der Waals surface area contributed by atoms with Crippen LogP contribution in [0.5, 0.6) is 0 Å². The molecule has 0 radical (unpaired) electrons. The SMILES string of the molecule is CC(C)N(C[C@H]1C[C@@H]1C)C(=O)Cn1c(=O)cnc2ccccc21. The number of rotatable bonds is 5. The number of amides is 1. The lowest BCUT2D eigenvalue weighted by Gasteiger charge is -2.27. The zero-order valence-corrected chi connectivity index (χ0v) is 13.9. The van der Waals surface area contributed by atoms with E-state index in [0.717, 1.165) is 12.1 Å². The molecule has 122 valence electrons.